The van der Waals surface area contributed by atoms with Gasteiger partial charge in [-0.3, -0.25) is 4.79 Å². The van der Waals surface area contributed by atoms with Crippen molar-refractivity contribution < 1.29 is 18.7 Å². The summed E-state index contributed by atoms with van der Waals surface area (Å²) in [6.45, 7) is 2.88. The van der Waals surface area contributed by atoms with Gasteiger partial charge < -0.3 is 25.2 Å². The molecule has 0 unspecified atom stereocenters. The van der Waals surface area contributed by atoms with E-state index in [9.17, 15) is 14.0 Å². The Morgan fingerprint density at radius 2 is 1.54 bits per heavy atom. The topological polar surface area (TPSA) is 73.9 Å². The summed E-state index contributed by atoms with van der Waals surface area (Å²) < 4.78 is 18.5. The number of nitrogens with zero attached hydrogens (tertiary/aromatic N) is 2. The maximum absolute atomic E-state index is 13.3. The SMILES string of the molecule is CCCN(Cc1cc(NC(=O)Nc2ccc(OC)cc2)ccc1N(C)C)C(=O)c1ccc(F)cc1. The summed E-state index contributed by atoms with van der Waals surface area (Å²) in [6, 6.07) is 17.8. The second-order valence-electron chi connectivity index (χ2n) is 8.28. The van der Waals surface area contributed by atoms with Gasteiger partial charge in [-0.05, 0) is 78.7 Å². The van der Waals surface area contributed by atoms with Gasteiger partial charge in [-0.25, -0.2) is 9.18 Å². The van der Waals surface area contributed by atoms with E-state index in [0.717, 1.165) is 17.7 Å². The van der Waals surface area contributed by atoms with Gasteiger partial charge in [0.1, 0.15) is 11.6 Å². The maximum Gasteiger partial charge on any atom is 0.323 e. The number of carbonyl (C=O) groups excluding carboxylic acids is 2. The Bertz CT molecular complexity index is 1150. The maximum atomic E-state index is 13.3. The minimum Gasteiger partial charge on any atom is -0.497 e. The van der Waals surface area contributed by atoms with E-state index in [2.05, 4.69) is 10.6 Å². The smallest absolute Gasteiger partial charge is 0.323 e. The lowest BCUT2D eigenvalue weighted by Gasteiger charge is -2.26. The van der Waals surface area contributed by atoms with Crippen molar-refractivity contribution in [1.82, 2.24) is 4.90 Å². The van der Waals surface area contributed by atoms with E-state index < -0.39 is 0 Å². The molecule has 0 aromatic heterocycles. The Balaban J connectivity index is 1.79. The molecule has 3 amide bonds. The van der Waals surface area contributed by atoms with Crippen molar-refractivity contribution in [3.63, 3.8) is 0 Å². The van der Waals surface area contributed by atoms with Crippen LogP contribution in [0.25, 0.3) is 0 Å². The lowest BCUT2D eigenvalue weighted by molar-refractivity contribution is 0.0743. The fourth-order valence-electron chi connectivity index (χ4n) is 3.70. The van der Waals surface area contributed by atoms with Crippen LogP contribution in [-0.2, 0) is 6.54 Å². The molecular weight excluding hydrogens is 447 g/mol. The molecule has 0 fully saturated rings. The van der Waals surface area contributed by atoms with Crippen molar-refractivity contribution in [1.29, 1.82) is 0 Å². The first-order valence-corrected chi connectivity index (χ1v) is 11.4. The molecule has 0 saturated heterocycles. The van der Waals surface area contributed by atoms with Gasteiger partial charge in [-0.1, -0.05) is 6.92 Å². The number of carbonyl (C=O) groups is 2. The summed E-state index contributed by atoms with van der Waals surface area (Å²) in [5.74, 6) is 0.143. The lowest BCUT2D eigenvalue weighted by Crippen LogP contribution is -2.32. The van der Waals surface area contributed by atoms with Gasteiger partial charge in [0.05, 0.1) is 7.11 Å². The number of methoxy groups -OCH3 is 1. The van der Waals surface area contributed by atoms with Crippen LogP contribution in [0.15, 0.2) is 66.7 Å². The molecule has 0 aliphatic heterocycles. The molecule has 7 nitrogen and oxygen atoms in total. The summed E-state index contributed by atoms with van der Waals surface area (Å²) in [6.07, 6.45) is 0.770. The van der Waals surface area contributed by atoms with Crippen LogP contribution in [-0.4, -0.2) is 44.6 Å². The molecule has 184 valence electrons. The highest BCUT2D eigenvalue weighted by molar-refractivity contribution is 6.00. The van der Waals surface area contributed by atoms with E-state index in [4.69, 9.17) is 4.74 Å². The average molecular weight is 479 g/mol. The first-order chi connectivity index (χ1) is 16.8. The predicted octanol–water partition coefficient (Wildman–Crippen LogP) is 5.60. The number of anilines is 3. The third-order valence-corrected chi connectivity index (χ3v) is 5.40. The van der Waals surface area contributed by atoms with Gasteiger partial charge in [0, 0.05) is 49.8 Å². The third-order valence-electron chi connectivity index (χ3n) is 5.40. The molecule has 0 bridgehead atoms. The third kappa shape index (κ3) is 6.96. The molecule has 3 aromatic rings. The first-order valence-electron chi connectivity index (χ1n) is 11.4. The standard InChI is InChI=1S/C27H31FN4O3/c1-5-16-32(26(33)19-6-8-21(28)9-7-19)18-20-17-23(12-15-25(20)31(2)3)30-27(34)29-22-10-13-24(35-4)14-11-22/h6-15,17H,5,16,18H2,1-4H3,(H2,29,30,34). The van der Waals surface area contributed by atoms with E-state index in [1.807, 2.05) is 44.1 Å². The van der Waals surface area contributed by atoms with Gasteiger partial charge in [-0.2, -0.15) is 0 Å². The van der Waals surface area contributed by atoms with Crippen LogP contribution in [0.4, 0.5) is 26.2 Å². The summed E-state index contributed by atoms with van der Waals surface area (Å²) in [5, 5.41) is 5.65. The van der Waals surface area contributed by atoms with Crippen LogP contribution in [0.3, 0.4) is 0 Å². The molecule has 8 heteroatoms. The fourth-order valence-corrected chi connectivity index (χ4v) is 3.70. The second kappa shape index (κ2) is 11.9. The molecule has 0 radical (unpaired) electrons. The Morgan fingerprint density at radius 1 is 0.914 bits per heavy atom. The second-order valence-corrected chi connectivity index (χ2v) is 8.28. The van der Waals surface area contributed by atoms with Crippen molar-refractivity contribution in [2.75, 3.05) is 43.3 Å². The van der Waals surface area contributed by atoms with Gasteiger partial charge >= 0.3 is 6.03 Å². The molecular formula is C27H31FN4O3. The highest BCUT2D eigenvalue weighted by Crippen LogP contribution is 2.26. The minimum absolute atomic E-state index is 0.174. The molecule has 0 saturated carbocycles. The number of halogens is 1. The van der Waals surface area contributed by atoms with Crippen molar-refractivity contribution in [2.24, 2.45) is 0 Å². The molecule has 0 atom stereocenters. The zero-order valence-electron chi connectivity index (χ0n) is 20.5. The zero-order valence-corrected chi connectivity index (χ0v) is 20.5. The number of amides is 3. The predicted molar refractivity (Wildman–Crippen MR) is 138 cm³/mol. The summed E-state index contributed by atoms with van der Waals surface area (Å²) in [7, 11) is 5.43. The number of rotatable bonds is 9. The van der Waals surface area contributed by atoms with E-state index in [1.54, 1.807) is 36.3 Å². The monoisotopic (exact) mass is 478 g/mol. The lowest BCUT2D eigenvalue weighted by atomic mass is 10.1. The van der Waals surface area contributed by atoms with Gasteiger partial charge in [0.15, 0.2) is 0 Å². The van der Waals surface area contributed by atoms with Crippen molar-refractivity contribution in [3.8, 4) is 5.75 Å². The summed E-state index contributed by atoms with van der Waals surface area (Å²) in [4.78, 5) is 29.4. The van der Waals surface area contributed by atoms with Gasteiger partial charge in [-0.15, -0.1) is 0 Å². The Hall–Kier alpha value is -4.07. The highest BCUT2D eigenvalue weighted by atomic mass is 19.1. The van der Waals surface area contributed by atoms with Crippen LogP contribution in [0.5, 0.6) is 5.75 Å². The molecule has 0 spiro atoms. The molecule has 35 heavy (non-hydrogen) atoms. The number of benzene rings is 3. The van der Waals surface area contributed by atoms with E-state index in [-0.39, 0.29) is 17.8 Å². The van der Waals surface area contributed by atoms with Gasteiger partial charge in [0.2, 0.25) is 0 Å². The number of nitrogens with one attached hydrogen (secondary N) is 2. The van der Waals surface area contributed by atoms with Gasteiger partial charge in [0.25, 0.3) is 5.91 Å². The number of hydrogen-bond donors (Lipinski definition) is 2. The summed E-state index contributed by atoms with van der Waals surface area (Å²) in [5.41, 5.74) is 3.47. The fraction of sp³-hybridized carbons (Fsp3) is 0.259. The molecule has 0 aliphatic rings. The Kier molecular flexibility index (Phi) is 8.67. The minimum atomic E-state index is -0.384. The molecule has 0 aliphatic carbocycles. The Morgan fingerprint density at radius 3 is 2.14 bits per heavy atom. The quantitative estimate of drug-likeness (QED) is 0.420. The largest absolute Gasteiger partial charge is 0.497 e. The van der Waals surface area contributed by atoms with Crippen molar-refractivity contribution >= 4 is 29.0 Å². The van der Waals surface area contributed by atoms with Crippen molar-refractivity contribution in [2.45, 2.75) is 19.9 Å². The Labute approximate surface area is 205 Å². The van der Waals surface area contributed by atoms with Crippen LogP contribution in [0, 0.1) is 5.82 Å². The zero-order chi connectivity index (χ0) is 25.4. The number of urea groups is 1. The van der Waals surface area contributed by atoms with E-state index in [0.29, 0.717) is 35.8 Å². The van der Waals surface area contributed by atoms with E-state index in [1.165, 1.54) is 24.3 Å². The van der Waals surface area contributed by atoms with Crippen LogP contribution in [0.2, 0.25) is 0 Å². The summed E-state index contributed by atoms with van der Waals surface area (Å²) >= 11 is 0. The van der Waals surface area contributed by atoms with Crippen LogP contribution >= 0.6 is 0 Å². The molecule has 3 aromatic carbocycles. The van der Waals surface area contributed by atoms with Crippen molar-refractivity contribution in [3.05, 3.63) is 83.7 Å². The van der Waals surface area contributed by atoms with Crippen LogP contribution < -0.4 is 20.3 Å². The highest BCUT2D eigenvalue weighted by Gasteiger charge is 2.18. The number of ether oxygens (including phenoxy) is 1. The van der Waals surface area contributed by atoms with E-state index >= 15 is 0 Å². The normalized spacial score (nSPS) is 10.4. The van der Waals surface area contributed by atoms with Crippen LogP contribution in [0.1, 0.15) is 29.3 Å². The average Bonchev–Trinajstić information content (AvgIpc) is 2.84. The number of hydrogen-bond acceptors (Lipinski definition) is 4. The molecule has 3 rings (SSSR count). The molecule has 0 heterocycles. The molecule has 2 N–H and O–H groups in total. The first kappa shape index (κ1) is 25.6.